The molecule has 1 fully saturated rings. The van der Waals surface area contributed by atoms with Crippen molar-refractivity contribution in [1.29, 1.82) is 0 Å². The molecule has 5 nitrogen and oxygen atoms in total. The second-order valence-corrected chi connectivity index (χ2v) is 6.70. The molecule has 2 heterocycles. The molecule has 25 heavy (non-hydrogen) atoms. The summed E-state index contributed by atoms with van der Waals surface area (Å²) in [6, 6.07) is 4.11. The van der Waals surface area contributed by atoms with Crippen molar-refractivity contribution in [2.75, 3.05) is 20.2 Å². The maximum absolute atomic E-state index is 13.6. The monoisotopic (exact) mass is 345 g/mol. The molecule has 1 saturated heterocycles. The Labute approximate surface area is 147 Å². The van der Waals surface area contributed by atoms with Gasteiger partial charge in [-0.05, 0) is 44.5 Å². The van der Waals surface area contributed by atoms with E-state index in [0.29, 0.717) is 17.9 Å². The predicted molar refractivity (Wildman–Crippen MR) is 93.2 cm³/mol. The number of halogens is 1. The quantitative estimate of drug-likeness (QED) is 0.782. The number of ketones is 1. The minimum absolute atomic E-state index is 0.0380. The molecule has 0 amide bonds. The molecular weight excluding hydrogens is 321 g/mol. The van der Waals surface area contributed by atoms with Gasteiger partial charge in [-0.25, -0.2) is 4.39 Å². The zero-order valence-corrected chi connectivity index (χ0v) is 15.0. The highest BCUT2D eigenvalue weighted by Gasteiger charge is 2.29. The number of likely N-dealkylation sites (tertiary alicyclic amines) is 1. The maximum atomic E-state index is 13.6. The standard InChI is InChI=1S/C19H24FN3O2/c1-13-15(10-22(2)21-13)12-23-8-4-5-14(11-23)19(24)17-9-16(20)6-7-18(17)25-3/h6-7,9-10,14H,4-5,8,11-12H2,1-3H3. The lowest BCUT2D eigenvalue weighted by atomic mass is 9.89. The summed E-state index contributed by atoms with van der Waals surface area (Å²) in [6.07, 6.45) is 3.80. The molecule has 0 aliphatic carbocycles. The molecular formula is C19H24FN3O2. The van der Waals surface area contributed by atoms with Crippen LogP contribution in [0.25, 0.3) is 0 Å². The van der Waals surface area contributed by atoms with E-state index in [-0.39, 0.29) is 11.7 Å². The van der Waals surface area contributed by atoms with Crippen LogP contribution in [-0.4, -0.2) is 40.7 Å². The van der Waals surface area contributed by atoms with Crippen LogP contribution in [0, 0.1) is 18.7 Å². The topological polar surface area (TPSA) is 47.4 Å². The first kappa shape index (κ1) is 17.6. The van der Waals surface area contributed by atoms with Gasteiger partial charge in [0.1, 0.15) is 11.6 Å². The number of hydrogen-bond donors (Lipinski definition) is 0. The summed E-state index contributed by atoms with van der Waals surface area (Å²) in [4.78, 5) is 15.2. The van der Waals surface area contributed by atoms with Crippen molar-refractivity contribution in [2.24, 2.45) is 13.0 Å². The second kappa shape index (κ2) is 7.35. The van der Waals surface area contributed by atoms with Crippen LogP contribution < -0.4 is 4.74 Å². The molecule has 0 radical (unpaired) electrons. The lowest BCUT2D eigenvalue weighted by Crippen LogP contribution is -2.38. The smallest absolute Gasteiger partial charge is 0.171 e. The fourth-order valence-electron chi connectivity index (χ4n) is 3.55. The van der Waals surface area contributed by atoms with Crippen LogP contribution in [0.2, 0.25) is 0 Å². The van der Waals surface area contributed by atoms with Gasteiger partial charge >= 0.3 is 0 Å². The Morgan fingerprint density at radius 1 is 1.44 bits per heavy atom. The van der Waals surface area contributed by atoms with Crippen LogP contribution in [0.15, 0.2) is 24.4 Å². The summed E-state index contributed by atoms with van der Waals surface area (Å²) in [5.41, 5.74) is 2.54. The average molecular weight is 345 g/mol. The number of hydrogen-bond acceptors (Lipinski definition) is 4. The Bertz CT molecular complexity index is 772. The summed E-state index contributed by atoms with van der Waals surface area (Å²) in [5, 5.41) is 4.38. The number of ether oxygens (including phenoxy) is 1. The molecule has 1 atom stereocenters. The summed E-state index contributed by atoms with van der Waals surface area (Å²) >= 11 is 0. The van der Waals surface area contributed by atoms with Gasteiger partial charge in [0, 0.05) is 37.8 Å². The van der Waals surface area contributed by atoms with E-state index in [9.17, 15) is 9.18 Å². The molecule has 3 rings (SSSR count). The maximum Gasteiger partial charge on any atom is 0.171 e. The Balaban J connectivity index is 1.74. The van der Waals surface area contributed by atoms with Crippen molar-refractivity contribution in [3.8, 4) is 5.75 Å². The van der Waals surface area contributed by atoms with Gasteiger partial charge in [0.25, 0.3) is 0 Å². The number of aromatic nitrogens is 2. The largest absolute Gasteiger partial charge is 0.496 e. The van der Waals surface area contributed by atoms with Gasteiger partial charge in [-0.15, -0.1) is 0 Å². The van der Waals surface area contributed by atoms with Gasteiger partial charge < -0.3 is 4.74 Å². The summed E-state index contributed by atoms with van der Waals surface area (Å²) in [6.45, 7) is 4.41. The molecule has 0 spiro atoms. The first-order chi connectivity index (χ1) is 12.0. The van der Waals surface area contributed by atoms with Gasteiger partial charge in [-0.2, -0.15) is 5.10 Å². The van der Waals surface area contributed by atoms with E-state index in [1.165, 1.54) is 30.9 Å². The Hall–Kier alpha value is -2.21. The molecule has 134 valence electrons. The van der Waals surface area contributed by atoms with Gasteiger partial charge in [0.15, 0.2) is 5.78 Å². The van der Waals surface area contributed by atoms with Crippen molar-refractivity contribution in [1.82, 2.24) is 14.7 Å². The van der Waals surface area contributed by atoms with Crippen LogP contribution in [-0.2, 0) is 13.6 Å². The second-order valence-electron chi connectivity index (χ2n) is 6.70. The normalized spacial score (nSPS) is 18.3. The molecule has 1 aromatic heterocycles. The van der Waals surface area contributed by atoms with Gasteiger partial charge in [-0.1, -0.05) is 0 Å². The Kier molecular flexibility index (Phi) is 5.18. The van der Waals surface area contributed by atoms with Crippen LogP contribution in [0.3, 0.4) is 0 Å². The van der Waals surface area contributed by atoms with E-state index in [4.69, 9.17) is 4.74 Å². The first-order valence-corrected chi connectivity index (χ1v) is 8.57. The fraction of sp³-hybridized carbons (Fsp3) is 0.474. The number of nitrogens with zero attached hydrogens (tertiary/aromatic N) is 3. The highest BCUT2D eigenvalue weighted by Crippen LogP contribution is 2.27. The van der Waals surface area contributed by atoms with Crippen LogP contribution >= 0.6 is 0 Å². The molecule has 1 unspecified atom stereocenters. The number of rotatable bonds is 5. The van der Waals surface area contributed by atoms with E-state index in [1.54, 1.807) is 0 Å². The average Bonchev–Trinajstić information content (AvgIpc) is 2.91. The van der Waals surface area contributed by atoms with E-state index >= 15 is 0 Å². The van der Waals surface area contributed by atoms with Crippen molar-refractivity contribution < 1.29 is 13.9 Å². The van der Waals surface area contributed by atoms with Crippen molar-refractivity contribution in [2.45, 2.75) is 26.3 Å². The highest BCUT2D eigenvalue weighted by molar-refractivity contribution is 6.00. The minimum atomic E-state index is -0.414. The lowest BCUT2D eigenvalue weighted by Gasteiger charge is -2.32. The van der Waals surface area contributed by atoms with Crippen LogP contribution in [0.1, 0.15) is 34.5 Å². The van der Waals surface area contributed by atoms with Crippen LogP contribution in [0.4, 0.5) is 4.39 Å². The van der Waals surface area contributed by atoms with E-state index < -0.39 is 5.82 Å². The lowest BCUT2D eigenvalue weighted by molar-refractivity contribution is 0.0808. The summed E-state index contributed by atoms with van der Waals surface area (Å²) in [5.74, 6) is -0.153. The first-order valence-electron chi connectivity index (χ1n) is 8.57. The predicted octanol–water partition coefficient (Wildman–Crippen LogP) is 2.97. The summed E-state index contributed by atoms with van der Waals surface area (Å²) in [7, 11) is 3.41. The molecule has 2 aromatic rings. The molecule has 1 aliphatic heterocycles. The van der Waals surface area contributed by atoms with Crippen molar-refractivity contribution in [3.05, 3.63) is 47.0 Å². The molecule has 0 saturated carbocycles. The SMILES string of the molecule is COc1ccc(F)cc1C(=O)C1CCCN(Cc2cn(C)nc2C)C1. The Morgan fingerprint density at radius 3 is 2.92 bits per heavy atom. The number of aryl methyl sites for hydroxylation is 2. The van der Waals surface area contributed by atoms with Gasteiger partial charge in [0.05, 0.1) is 18.4 Å². The Morgan fingerprint density at radius 2 is 2.24 bits per heavy atom. The van der Waals surface area contributed by atoms with E-state index in [2.05, 4.69) is 10.00 Å². The third kappa shape index (κ3) is 3.90. The van der Waals surface area contributed by atoms with Gasteiger partial charge in [0.2, 0.25) is 0 Å². The number of benzene rings is 1. The number of methoxy groups -OCH3 is 1. The third-order valence-corrected chi connectivity index (χ3v) is 4.81. The van der Waals surface area contributed by atoms with Crippen molar-refractivity contribution >= 4 is 5.78 Å². The zero-order valence-electron chi connectivity index (χ0n) is 15.0. The van der Waals surface area contributed by atoms with Crippen molar-refractivity contribution in [3.63, 3.8) is 0 Å². The van der Waals surface area contributed by atoms with E-state index in [0.717, 1.165) is 31.6 Å². The summed E-state index contributed by atoms with van der Waals surface area (Å²) < 4.78 is 20.6. The zero-order chi connectivity index (χ0) is 18.0. The molecule has 0 bridgehead atoms. The minimum Gasteiger partial charge on any atom is -0.496 e. The molecule has 0 N–H and O–H groups in total. The molecule has 6 heteroatoms. The van der Waals surface area contributed by atoms with Gasteiger partial charge in [-0.3, -0.25) is 14.4 Å². The number of carbonyl (C=O) groups is 1. The third-order valence-electron chi connectivity index (χ3n) is 4.81. The highest BCUT2D eigenvalue weighted by atomic mass is 19.1. The van der Waals surface area contributed by atoms with E-state index in [1.807, 2.05) is 24.9 Å². The number of piperidine rings is 1. The number of Topliss-reactive ketones (excluding diaryl/α,β-unsaturated/α-hetero) is 1. The fourth-order valence-corrected chi connectivity index (χ4v) is 3.55. The molecule has 1 aromatic carbocycles. The number of carbonyl (C=O) groups excluding carboxylic acids is 1. The van der Waals surface area contributed by atoms with Crippen LogP contribution in [0.5, 0.6) is 5.75 Å². The molecule has 1 aliphatic rings.